The van der Waals surface area contributed by atoms with Gasteiger partial charge in [-0.2, -0.15) is 0 Å². The molecule has 1 N–H and O–H groups in total. The number of rotatable bonds is 5. The summed E-state index contributed by atoms with van der Waals surface area (Å²) < 4.78 is 12.8. The molecule has 4 rings (SSSR count). The number of ether oxygens (including phenoxy) is 1. The van der Waals surface area contributed by atoms with Crippen molar-refractivity contribution in [2.24, 2.45) is 0 Å². The van der Waals surface area contributed by atoms with Gasteiger partial charge in [0, 0.05) is 17.2 Å². The summed E-state index contributed by atoms with van der Waals surface area (Å²) in [5, 5.41) is 14.3. The Balaban J connectivity index is 1.66. The molecule has 0 bridgehead atoms. The molecular formula is C22H23N3O3. The van der Waals surface area contributed by atoms with Crippen LogP contribution in [0.5, 0.6) is 5.75 Å². The van der Waals surface area contributed by atoms with E-state index in [0.29, 0.717) is 12.3 Å². The Hall–Kier alpha value is -3.12. The molecule has 0 saturated carbocycles. The molecule has 0 spiro atoms. The number of imidazole rings is 1. The highest BCUT2D eigenvalue weighted by molar-refractivity contribution is 5.82. The van der Waals surface area contributed by atoms with Crippen LogP contribution < -0.4 is 4.74 Å². The average molecular weight is 377 g/mol. The van der Waals surface area contributed by atoms with Crippen molar-refractivity contribution in [2.75, 3.05) is 7.11 Å². The van der Waals surface area contributed by atoms with E-state index in [9.17, 15) is 5.11 Å². The minimum Gasteiger partial charge on any atom is -0.497 e. The number of aryl methyl sites for hydroxylation is 1. The third-order valence-corrected chi connectivity index (χ3v) is 4.68. The molecule has 6 nitrogen and oxygen atoms in total. The van der Waals surface area contributed by atoms with Crippen LogP contribution in [-0.4, -0.2) is 32.5 Å². The molecular weight excluding hydrogens is 354 g/mol. The number of hydrogen-bond donors (Lipinski definition) is 1. The predicted molar refractivity (Wildman–Crippen MR) is 108 cm³/mol. The molecule has 0 atom stereocenters. The normalized spacial score (nSPS) is 11.9. The zero-order valence-electron chi connectivity index (χ0n) is 16.4. The monoisotopic (exact) mass is 377 g/mol. The third kappa shape index (κ3) is 3.51. The molecule has 0 aliphatic heterocycles. The van der Waals surface area contributed by atoms with Gasteiger partial charge in [-0.15, -0.1) is 0 Å². The first kappa shape index (κ1) is 18.3. The van der Waals surface area contributed by atoms with Crippen LogP contribution in [0.2, 0.25) is 0 Å². The maximum Gasteiger partial charge on any atom is 0.167 e. The van der Waals surface area contributed by atoms with Crippen molar-refractivity contribution in [3.63, 3.8) is 0 Å². The van der Waals surface area contributed by atoms with Crippen LogP contribution in [0.1, 0.15) is 19.4 Å². The maximum absolute atomic E-state index is 10.1. The predicted octanol–water partition coefficient (Wildman–Crippen LogP) is 4.45. The topological polar surface area (TPSA) is 73.3 Å². The number of nitrogens with zero attached hydrogens (tertiary/aromatic N) is 3. The molecule has 6 heteroatoms. The van der Waals surface area contributed by atoms with E-state index in [1.54, 1.807) is 27.3 Å². The molecule has 0 unspecified atom stereocenters. The first-order valence-electron chi connectivity index (χ1n) is 9.13. The Bertz CT molecular complexity index is 1140. The number of hydrogen-bond acceptors (Lipinski definition) is 5. The van der Waals surface area contributed by atoms with E-state index in [0.717, 1.165) is 39.2 Å². The van der Waals surface area contributed by atoms with Crippen molar-refractivity contribution in [3.8, 4) is 28.3 Å². The lowest BCUT2D eigenvalue weighted by Gasteiger charge is -2.18. The highest BCUT2D eigenvalue weighted by Gasteiger charge is 2.16. The Labute approximate surface area is 163 Å². The number of aliphatic hydroxyl groups is 1. The first-order chi connectivity index (χ1) is 13.3. The minimum absolute atomic E-state index is 0.480. The molecule has 0 aliphatic carbocycles. The lowest BCUT2D eigenvalue weighted by Crippen LogP contribution is -2.25. The molecule has 0 radical (unpaired) electrons. The quantitative estimate of drug-likeness (QED) is 0.556. The molecule has 4 aromatic rings. The van der Waals surface area contributed by atoms with Gasteiger partial charge in [0.2, 0.25) is 0 Å². The van der Waals surface area contributed by atoms with Crippen LogP contribution in [0.3, 0.4) is 0 Å². The van der Waals surface area contributed by atoms with Gasteiger partial charge >= 0.3 is 0 Å². The summed E-state index contributed by atoms with van der Waals surface area (Å²) in [6.07, 6.45) is 1.75. The van der Waals surface area contributed by atoms with E-state index >= 15 is 0 Å². The summed E-state index contributed by atoms with van der Waals surface area (Å²) in [5.74, 6) is 1.52. The second kappa shape index (κ2) is 6.80. The molecule has 28 heavy (non-hydrogen) atoms. The Morgan fingerprint density at radius 2 is 1.96 bits per heavy atom. The van der Waals surface area contributed by atoms with Crippen molar-refractivity contribution in [1.82, 2.24) is 14.7 Å². The number of methoxy groups -OCH3 is 1. The maximum atomic E-state index is 10.1. The zero-order valence-corrected chi connectivity index (χ0v) is 16.4. The van der Waals surface area contributed by atoms with E-state index in [2.05, 4.69) is 10.1 Å². The second-order valence-corrected chi connectivity index (χ2v) is 7.65. The van der Waals surface area contributed by atoms with Crippen molar-refractivity contribution < 1.29 is 14.4 Å². The van der Waals surface area contributed by atoms with Crippen LogP contribution >= 0.6 is 0 Å². The van der Waals surface area contributed by atoms with Crippen LogP contribution in [0.25, 0.3) is 33.6 Å². The average Bonchev–Trinajstić information content (AvgIpc) is 3.27. The largest absolute Gasteiger partial charge is 0.497 e. The molecule has 2 aromatic carbocycles. The highest BCUT2D eigenvalue weighted by Crippen LogP contribution is 2.31. The zero-order chi connectivity index (χ0) is 19.9. The lowest BCUT2D eigenvalue weighted by molar-refractivity contribution is 0.0626. The second-order valence-electron chi connectivity index (χ2n) is 7.65. The van der Waals surface area contributed by atoms with Gasteiger partial charge in [-0.05, 0) is 56.7 Å². The van der Waals surface area contributed by atoms with E-state index in [1.807, 2.05) is 54.0 Å². The fourth-order valence-corrected chi connectivity index (χ4v) is 3.34. The molecule has 2 heterocycles. The molecule has 2 aromatic heterocycles. The summed E-state index contributed by atoms with van der Waals surface area (Å²) in [6, 6.07) is 13.8. The van der Waals surface area contributed by atoms with Crippen LogP contribution in [0.15, 0.2) is 53.3 Å². The van der Waals surface area contributed by atoms with Gasteiger partial charge < -0.3 is 18.9 Å². The van der Waals surface area contributed by atoms with Crippen molar-refractivity contribution in [3.05, 3.63) is 54.4 Å². The fourth-order valence-electron chi connectivity index (χ4n) is 3.34. The fraction of sp³-hybridized carbons (Fsp3) is 0.273. The van der Waals surface area contributed by atoms with E-state index in [1.165, 1.54) is 0 Å². The van der Waals surface area contributed by atoms with E-state index < -0.39 is 5.60 Å². The van der Waals surface area contributed by atoms with Gasteiger partial charge in [0.1, 0.15) is 11.4 Å². The van der Waals surface area contributed by atoms with Gasteiger partial charge in [-0.1, -0.05) is 11.2 Å². The van der Waals surface area contributed by atoms with Gasteiger partial charge in [0.25, 0.3) is 0 Å². The van der Waals surface area contributed by atoms with E-state index in [-0.39, 0.29) is 0 Å². The van der Waals surface area contributed by atoms with Crippen LogP contribution in [-0.2, 0) is 6.54 Å². The van der Waals surface area contributed by atoms with Crippen LogP contribution in [0, 0.1) is 6.92 Å². The van der Waals surface area contributed by atoms with Crippen molar-refractivity contribution in [2.45, 2.75) is 32.9 Å². The Morgan fingerprint density at radius 3 is 2.68 bits per heavy atom. The highest BCUT2D eigenvalue weighted by atomic mass is 16.5. The summed E-state index contributed by atoms with van der Waals surface area (Å²) in [6.45, 7) is 6.06. The van der Waals surface area contributed by atoms with Gasteiger partial charge in [0.05, 0.1) is 36.6 Å². The minimum atomic E-state index is -0.802. The SMILES string of the molecule is COc1ccc(-c2cc(-c3ccc4c(c3)ncn4CC(C)(C)O)no2)c(C)c1. The molecule has 0 fully saturated rings. The lowest BCUT2D eigenvalue weighted by atomic mass is 10.0. The summed E-state index contributed by atoms with van der Waals surface area (Å²) in [4.78, 5) is 4.47. The Morgan fingerprint density at radius 1 is 1.14 bits per heavy atom. The number of aromatic nitrogens is 3. The van der Waals surface area contributed by atoms with Gasteiger partial charge in [-0.3, -0.25) is 0 Å². The van der Waals surface area contributed by atoms with Gasteiger partial charge in [-0.25, -0.2) is 4.98 Å². The number of fused-ring (bicyclic) bond motifs is 1. The molecule has 0 amide bonds. The molecule has 0 saturated heterocycles. The standard InChI is InChI=1S/C22H23N3O3/c1-14-9-16(27-4)6-7-17(14)21-11-18(24-28-21)15-5-8-20-19(10-15)23-13-25(20)12-22(2,3)26/h5-11,13,26H,12H2,1-4H3. The molecule has 0 aliphatic rings. The smallest absolute Gasteiger partial charge is 0.167 e. The summed E-state index contributed by atoms with van der Waals surface area (Å²) in [5.41, 5.74) is 4.75. The third-order valence-electron chi connectivity index (χ3n) is 4.68. The first-order valence-corrected chi connectivity index (χ1v) is 9.13. The van der Waals surface area contributed by atoms with Crippen molar-refractivity contribution >= 4 is 11.0 Å². The molecule has 144 valence electrons. The van der Waals surface area contributed by atoms with Gasteiger partial charge in [0.15, 0.2) is 5.76 Å². The van der Waals surface area contributed by atoms with Crippen molar-refractivity contribution in [1.29, 1.82) is 0 Å². The van der Waals surface area contributed by atoms with E-state index in [4.69, 9.17) is 9.26 Å². The Kier molecular flexibility index (Phi) is 4.43. The summed E-state index contributed by atoms with van der Waals surface area (Å²) in [7, 11) is 1.65. The summed E-state index contributed by atoms with van der Waals surface area (Å²) >= 11 is 0. The van der Waals surface area contributed by atoms with Crippen LogP contribution in [0.4, 0.5) is 0 Å². The number of benzene rings is 2.